The molecule has 1 atom stereocenters. The number of carbonyl (C=O) groups is 3. The van der Waals surface area contributed by atoms with Gasteiger partial charge in [-0.15, -0.1) is 0 Å². The molecule has 180 valence electrons. The molecular weight excluding hydrogens is 450 g/mol. The van der Waals surface area contributed by atoms with Crippen LogP contribution in [-0.4, -0.2) is 52.7 Å². The SMILES string of the molecule is O=C(NCc1ocnc1C(=O)N1CCC[C@@H](C(=O)O)C1)OCC1c2ccccc2-c2ccccc21. The fourth-order valence-corrected chi connectivity index (χ4v) is 4.89. The third kappa shape index (κ3) is 4.49. The summed E-state index contributed by atoms with van der Waals surface area (Å²) in [5.41, 5.74) is 4.58. The lowest BCUT2D eigenvalue weighted by Crippen LogP contribution is -2.42. The minimum atomic E-state index is -0.917. The summed E-state index contributed by atoms with van der Waals surface area (Å²) < 4.78 is 10.8. The van der Waals surface area contributed by atoms with Crippen molar-refractivity contribution in [2.75, 3.05) is 19.7 Å². The molecule has 9 nitrogen and oxygen atoms in total. The van der Waals surface area contributed by atoms with Gasteiger partial charge in [0, 0.05) is 19.0 Å². The first-order chi connectivity index (χ1) is 17.0. The van der Waals surface area contributed by atoms with Crippen LogP contribution in [0, 0.1) is 5.92 Å². The number of alkyl carbamates (subject to hydrolysis) is 1. The molecule has 0 unspecified atom stereocenters. The van der Waals surface area contributed by atoms with E-state index < -0.39 is 23.9 Å². The van der Waals surface area contributed by atoms with E-state index in [-0.39, 0.29) is 37.1 Å². The second-order valence-corrected chi connectivity index (χ2v) is 8.73. The molecule has 35 heavy (non-hydrogen) atoms. The summed E-state index contributed by atoms with van der Waals surface area (Å²) in [6, 6.07) is 16.2. The topological polar surface area (TPSA) is 122 Å². The molecule has 2 amide bonds. The molecule has 9 heteroatoms. The van der Waals surface area contributed by atoms with Crippen molar-refractivity contribution in [2.45, 2.75) is 25.3 Å². The van der Waals surface area contributed by atoms with Gasteiger partial charge in [0.1, 0.15) is 6.61 Å². The quantitative estimate of drug-likeness (QED) is 0.558. The summed E-state index contributed by atoms with van der Waals surface area (Å²) in [4.78, 5) is 42.1. The van der Waals surface area contributed by atoms with Crippen molar-refractivity contribution in [1.29, 1.82) is 0 Å². The normalized spacial score (nSPS) is 16.9. The van der Waals surface area contributed by atoms with Crippen LogP contribution in [-0.2, 0) is 16.1 Å². The molecular formula is C26H25N3O6. The largest absolute Gasteiger partial charge is 0.481 e. The molecule has 0 radical (unpaired) electrons. The highest BCUT2D eigenvalue weighted by Gasteiger charge is 2.32. The van der Waals surface area contributed by atoms with Crippen LogP contribution < -0.4 is 5.32 Å². The van der Waals surface area contributed by atoms with Gasteiger partial charge in [-0.3, -0.25) is 9.59 Å². The number of benzene rings is 2. The minimum Gasteiger partial charge on any atom is -0.481 e. The number of oxazole rings is 1. The third-order valence-corrected chi connectivity index (χ3v) is 6.64. The van der Waals surface area contributed by atoms with E-state index in [1.807, 2.05) is 36.4 Å². The molecule has 2 N–H and O–H groups in total. The van der Waals surface area contributed by atoms with Crippen molar-refractivity contribution in [1.82, 2.24) is 15.2 Å². The van der Waals surface area contributed by atoms with E-state index in [0.29, 0.717) is 19.4 Å². The molecule has 0 spiro atoms. The number of aliphatic carboxylic acids is 1. The predicted molar refractivity (Wildman–Crippen MR) is 125 cm³/mol. The third-order valence-electron chi connectivity index (χ3n) is 6.64. The first kappa shape index (κ1) is 22.6. The maximum atomic E-state index is 12.9. The number of amides is 2. The monoisotopic (exact) mass is 475 g/mol. The Bertz CT molecular complexity index is 1220. The van der Waals surface area contributed by atoms with E-state index in [4.69, 9.17) is 9.15 Å². The predicted octanol–water partition coefficient (Wildman–Crippen LogP) is 3.65. The van der Waals surface area contributed by atoms with Gasteiger partial charge in [0.25, 0.3) is 5.91 Å². The van der Waals surface area contributed by atoms with Crippen LogP contribution >= 0.6 is 0 Å². The van der Waals surface area contributed by atoms with Crippen molar-refractivity contribution in [2.24, 2.45) is 5.92 Å². The number of carbonyl (C=O) groups excluding carboxylic acids is 2. The molecule has 2 aromatic carbocycles. The standard InChI is InChI=1S/C26H25N3O6/c30-24(29-11-5-6-16(13-29)25(31)32)23-22(35-15-28-23)12-27-26(33)34-14-21-19-9-3-1-7-17(19)18-8-2-4-10-20(18)21/h1-4,7-10,15-16,21H,5-6,11-14H2,(H,27,33)(H,31,32)/t16-/m1/s1. The van der Waals surface area contributed by atoms with E-state index in [1.54, 1.807) is 0 Å². The van der Waals surface area contributed by atoms with Crippen LogP contribution in [0.25, 0.3) is 11.1 Å². The van der Waals surface area contributed by atoms with Crippen LogP contribution in [0.1, 0.15) is 46.1 Å². The summed E-state index contributed by atoms with van der Waals surface area (Å²) in [5.74, 6) is -1.78. The summed E-state index contributed by atoms with van der Waals surface area (Å²) in [5, 5.41) is 11.9. The van der Waals surface area contributed by atoms with Gasteiger partial charge in [0.15, 0.2) is 17.8 Å². The smallest absolute Gasteiger partial charge is 0.407 e. The van der Waals surface area contributed by atoms with E-state index >= 15 is 0 Å². The van der Waals surface area contributed by atoms with Gasteiger partial charge < -0.3 is 24.5 Å². The lowest BCUT2D eigenvalue weighted by molar-refractivity contribution is -0.143. The Morgan fingerprint density at radius 1 is 1.09 bits per heavy atom. The van der Waals surface area contributed by atoms with Gasteiger partial charge in [-0.2, -0.15) is 0 Å². The van der Waals surface area contributed by atoms with Gasteiger partial charge in [-0.05, 0) is 35.1 Å². The van der Waals surface area contributed by atoms with Crippen molar-refractivity contribution < 1.29 is 28.6 Å². The number of hydrogen-bond donors (Lipinski definition) is 2. The summed E-state index contributed by atoms with van der Waals surface area (Å²) >= 11 is 0. The molecule has 1 aliphatic carbocycles. The molecule has 2 heterocycles. The van der Waals surface area contributed by atoms with Gasteiger partial charge in [-0.1, -0.05) is 48.5 Å². The van der Waals surface area contributed by atoms with Crippen LogP contribution in [0.3, 0.4) is 0 Å². The zero-order valence-corrected chi connectivity index (χ0v) is 19.0. The molecule has 0 bridgehead atoms. The molecule has 1 fully saturated rings. The number of nitrogens with one attached hydrogen (secondary N) is 1. The van der Waals surface area contributed by atoms with E-state index in [9.17, 15) is 19.5 Å². The molecule has 1 saturated heterocycles. The Morgan fingerprint density at radius 3 is 2.46 bits per heavy atom. The lowest BCUT2D eigenvalue weighted by atomic mass is 9.98. The Kier molecular flexibility index (Phi) is 6.22. The van der Waals surface area contributed by atoms with Crippen molar-refractivity contribution in [3.8, 4) is 11.1 Å². The van der Waals surface area contributed by atoms with Crippen LogP contribution in [0.2, 0.25) is 0 Å². The lowest BCUT2D eigenvalue weighted by Gasteiger charge is -2.30. The number of rotatable bonds is 6. The van der Waals surface area contributed by atoms with Gasteiger partial charge >= 0.3 is 12.1 Å². The first-order valence-electron chi connectivity index (χ1n) is 11.6. The van der Waals surface area contributed by atoms with E-state index in [0.717, 1.165) is 28.6 Å². The number of likely N-dealkylation sites (tertiary alicyclic amines) is 1. The number of carboxylic acids is 1. The molecule has 5 rings (SSSR count). The van der Waals surface area contributed by atoms with Gasteiger partial charge in [0.2, 0.25) is 0 Å². The maximum Gasteiger partial charge on any atom is 0.407 e. The Hall–Kier alpha value is -4.14. The number of fused-ring (bicyclic) bond motifs is 3. The fourth-order valence-electron chi connectivity index (χ4n) is 4.89. The van der Waals surface area contributed by atoms with Crippen molar-refractivity contribution in [3.05, 3.63) is 77.5 Å². The fraction of sp³-hybridized carbons (Fsp3) is 0.308. The summed E-state index contributed by atoms with van der Waals surface area (Å²) in [7, 11) is 0. The molecule has 1 aromatic heterocycles. The minimum absolute atomic E-state index is 0.0585. The first-order valence-corrected chi connectivity index (χ1v) is 11.6. The maximum absolute atomic E-state index is 12.9. The second-order valence-electron chi connectivity index (χ2n) is 8.73. The molecule has 1 aliphatic heterocycles. The molecule has 3 aromatic rings. The van der Waals surface area contributed by atoms with Crippen LogP contribution in [0.5, 0.6) is 0 Å². The zero-order valence-electron chi connectivity index (χ0n) is 19.0. The van der Waals surface area contributed by atoms with E-state index in [2.05, 4.69) is 22.4 Å². The van der Waals surface area contributed by atoms with Gasteiger partial charge in [0.05, 0.1) is 12.5 Å². The van der Waals surface area contributed by atoms with Crippen LogP contribution in [0.4, 0.5) is 4.79 Å². The summed E-state index contributed by atoms with van der Waals surface area (Å²) in [6.45, 7) is 0.676. The average Bonchev–Trinajstić information content (AvgIpc) is 3.48. The number of ether oxygens (including phenoxy) is 1. The average molecular weight is 476 g/mol. The zero-order chi connectivity index (χ0) is 24.4. The number of nitrogens with zero attached hydrogens (tertiary/aromatic N) is 2. The van der Waals surface area contributed by atoms with Crippen molar-refractivity contribution in [3.63, 3.8) is 0 Å². The summed E-state index contributed by atoms with van der Waals surface area (Å²) in [6.07, 6.45) is 1.65. The molecule has 2 aliphatic rings. The highest BCUT2D eigenvalue weighted by atomic mass is 16.5. The highest BCUT2D eigenvalue weighted by Crippen LogP contribution is 2.44. The molecule has 0 saturated carbocycles. The second kappa shape index (κ2) is 9.61. The Labute approximate surface area is 201 Å². The number of carboxylic acid groups (broad SMARTS) is 1. The Morgan fingerprint density at radius 2 is 1.77 bits per heavy atom. The number of hydrogen-bond acceptors (Lipinski definition) is 6. The van der Waals surface area contributed by atoms with Crippen LogP contribution in [0.15, 0.2) is 59.3 Å². The Balaban J connectivity index is 1.19. The van der Waals surface area contributed by atoms with E-state index in [1.165, 1.54) is 4.90 Å². The number of aromatic nitrogens is 1. The van der Waals surface area contributed by atoms with Crippen molar-refractivity contribution >= 4 is 18.0 Å². The van der Waals surface area contributed by atoms with Gasteiger partial charge in [-0.25, -0.2) is 9.78 Å². The highest BCUT2D eigenvalue weighted by molar-refractivity contribution is 5.93. The number of piperidine rings is 1.